The summed E-state index contributed by atoms with van der Waals surface area (Å²) in [6, 6.07) is 3.74. The van der Waals surface area contributed by atoms with E-state index in [0.29, 0.717) is 17.1 Å². The molecule has 98 valence electrons. The number of hydrogen-bond donors (Lipinski definition) is 0. The quantitative estimate of drug-likeness (QED) is 0.778. The van der Waals surface area contributed by atoms with Gasteiger partial charge in [-0.25, -0.2) is 0 Å². The third kappa shape index (κ3) is 3.20. The Labute approximate surface area is 108 Å². The van der Waals surface area contributed by atoms with Crippen LogP contribution in [0.3, 0.4) is 0 Å². The second kappa shape index (κ2) is 8.07. The van der Waals surface area contributed by atoms with Crippen LogP contribution in [0.25, 0.3) is 11.0 Å². The summed E-state index contributed by atoms with van der Waals surface area (Å²) in [6.07, 6.45) is 1.67. The summed E-state index contributed by atoms with van der Waals surface area (Å²) in [5.41, 5.74) is 1.13. The van der Waals surface area contributed by atoms with Crippen LogP contribution in [0.15, 0.2) is 12.3 Å². The monoisotopic (exact) mass is 248 g/mol. The molecule has 2 aromatic heterocycles. The van der Waals surface area contributed by atoms with Crippen molar-refractivity contribution in [1.29, 1.82) is 5.26 Å². The van der Waals surface area contributed by atoms with Gasteiger partial charge in [0.1, 0.15) is 11.6 Å². The molecule has 2 heterocycles. The molecule has 0 atom stereocenters. The Morgan fingerprint density at radius 3 is 2.39 bits per heavy atom. The van der Waals surface area contributed by atoms with Gasteiger partial charge in [-0.15, -0.1) is 0 Å². The molecule has 0 unspecified atom stereocenters. The van der Waals surface area contributed by atoms with Crippen LogP contribution in [-0.4, -0.2) is 21.9 Å². The fraction of sp³-hybridized carbons (Fsp3) is 0.462. The second-order valence-corrected chi connectivity index (χ2v) is 2.84. The fourth-order valence-corrected chi connectivity index (χ4v) is 1.30. The molecule has 0 aliphatic heterocycles. The molecule has 18 heavy (non-hydrogen) atoms. The maximum atomic E-state index is 8.82. The summed E-state index contributed by atoms with van der Waals surface area (Å²) in [5.74, 6) is 0.337. The van der Waals surface area contributed by atoms with Crippen LogP contribution in [0, 0.1) is 11.3 Å². The summed E-state index contributed by atoms with van der Waals surface area (Å²) < 4.78 is 6.63. The van der Waals surface area contributed by atoms with Crippen molar-refractivity contribution < 1.29 is 4.74 Å². The number of nitrogens with zero attached hydrogens (tertiary/aromatic N) is 4. The predicted octanol–water partition coefficient (Wildman–Crippen LogP) is 2.90. The lowest BCUT2D eigenvalue weighted by Crippen LogP contribution is -1.96. The molecular weight excluding hydrogens is 228 g/mol. The van der Waals surface area contributed by atoms with Gasteiger partial charge in [0.2, 0.25) is 5.88 Å². The predicted molar refractivity (Wildman–Crippen MR) is 72.5 cm³/mol. The van der Waals surface area contributed by atoms with Gasteiger partial charge < -0.3 is 4.74 Å². The van der Waals surface area contributed by atoms with Crippen LogP contribution < -0.4 is 4.74 Å². The van der Waals surface area contributed by atoms with Crippen molar-refractivity contribution in [3.05, 3.63) is 17.8 Å². The molecule has 2 rings (SSSR count). The first-order valence-corrected chi connectivity index (χ1v) is 6.03. The van der Waals surface area contributed by atoms with Gasteiger partial charge in [-0.2, -0.15) is 15.3 Å². The molecule has 0 aliphatic rings. The largest absolute Gasteiger partial charge is 0.480 e. The maximum absolute atomic E-state index is 8.82. The topological polar surface area (TPSA) is 63.7 Å². The highest BCUT2D eigenvalue weighted by Crippen LogP contribution is 2.20. The molecule has 5 heteroatoms. The van der Waals surface area contributed by atoms with Crippen LogP contribution in [0.2, 0.25) is 0 Å². The molecule has 0 spiro atoms. The van der Waals surface area contributed by atoms with Crippen LogP contribution in [0.5, 0.6) is 5.88 Å². The van der Waals surface area contributed by atoms with E-state index in [4.69, 9.17) is 10.00 Å². The number of aryl methyl sites for hydroxylation is 1. The van der Waals surface area contributed by atoms with Gasteiger partial charge in [0, 0.05) is 12.4 Å². The lowest BCUT2D eigenvalue weighted by atomic mass is 10.2. The zero-order valence-electron chi connectivity index (χ0n) is 11.9. The van der Waals surface area contributed by atoms with Gasteiger partial charge in [-0.05, 0) is 6.07 Å². The minimum Gasteiger partial charge on any atom is -0.480 e. The van der Waals surface area contributed by atoms with E-state index in [9.17, 15) is 0 Å². The van der Waals surface area contributed by atoms with Crippen LogP contribution in [0.4, 0.5) is 0 Å². The van der Waals surface area contributed by atoms with Gasteiger partial charge in [-0.3, -0.25) is 4.68 Å². The molecule has 0 saturated heterocycles. The minimum absolute atomic E-state index is 0.337. The Morgan fingerprint density at radius 1 is 1.28 bits per heavy atom. The van der Waals surface area contributed by atoms with E-state index in [1.807, 2.05) is 33.8 Å². The van der Waals surface area contributed by atoms with Gasteiger partial charge in [0.25, 0.3) is 0 Å². The molecule has 0 radical (unpaired) electrons. The fourth-order valence-electron chi connectivity index (χ4n) is 1.30. The average Bonchev–Trinajstić information content (AvgIpc) is 2.82. The molecule has 0 fully saturated rings. The Bertz CT molecular complexity index is 526. The number of ether oxygens (including phenoxy) is 1. The molecular formula is C13H20N4O. The molecule has 0 N–H and O–H groups in total. The average molecular weight is 248 g/mol. The summed E-state index contributed by atoms with van der Waals surface area (Å²) >= 11 is 0. The Morgan fingerprint density at radius 2 is 1.89 bits per heavy atom. The van der Waals surface area contributed by atoms with E-state index in [1.165, 1.54) is 7.11 Å². The first-order chi connectivity index (χ1) is 8.76. The summed E-state index contributed by atoms with van der Waals surface area (Å²) in [5, 5.41) is 13.7. The molecule has 0 aromatic carbocycles. The molecule has 0 aliphatic carbocycles. The third-order valence-electron chi connectivity index (χ3n) is 1.99. The lowest BCUT2D eigenvalue weighted by molar-refractivity contribution is 0.397. The highest BCUT2D eigenvalue weighted by Gasteiger charge is 2.09. The van der Waals surface area contributed by atoms with Crippen molar-refractivity contribution in [2.24, 2.45) is 7.05 Å². The number of rotatable bonds is 1. The van der Waals surface area contributed by atoms with Crippen LogP contribution in [-0.2, 0) is 7.05 Å². The number of fused-ring (bicyclic) bond motifs is 1. The number of methoxy groups -OCH3 is 1. The molecule has 0 bridgehead atoms. The van der Waals surface area contributed by atoms with Gasteiger partial charge >= 0.3 is 0 Å². The Balaban J connectivity index is 0.000000659. The Kier molecular flexibility index (Phi) is 7.13. The Hall–Kier alpha value is -2.09. The van der Waals surface area contributed by atoms with Crippen molar-refractivity contribution in [3.8, 4) is 11.9 Å². The van der Waals surface area contributed by atoms with Gasteiger partial charge in [0.15, 0.2) is 5.65 Å². The zero-order valence-corrected chi connectivity index (χ0v) is 11.9. The number of nitriles is 1. The van der Waals surface area contributed by atoms with E-state index in [2.05, 4.69) is 10.1 Å². The first kappa shape index (κ1) is 15.9. The number of pyridine rings is 1. The van der Waals surface area contributed by atoms with Crippen molar-refractivity contribution >= 4 is 11.0 Å². The molecule has 0 amide bonds. The smallest absolute Gasteiger partial charge is 0.233 e. The molecule has 2 aromatic rings. The van der Waals surface area contributed by atoms with E-state index in [-0.39, 0.29) is 0 Å². The van der Waals surface area contributed by atoms with E-state index >= 15 is 0 Å². The van der Waals surface area contributed by atoms with Crippen molar-refractivity contribution in [2.45, 2.75) is 27.7 Å². The zero-order chi connectivity index (χ0) is 14.1. The summed E-state index contributed by atoms with van der Waals surface area (Å²) in [6.45, 7) is 8.00. The van der Waals surface area contributed by atoms with Crippen molar-refractivity contribution in [3.63, 3.8) is 0 Å². The van der Waals surface area contributed by atoms with E-state index < -0.39 is 0 Å². The minimum atomic E-state index is 0.337. The van der Waals surface area contributed by atoms with E-state index in [0.717, 1.165) is 5.39 Å². The van der Waals surface area contributed by atoms with Crippen LogP contribution in [0.1, 0.15) is 33.3 Å². The SMILES string of the molecule is CC.CC.COc1nc2c(cnn2C)cc1C#N. The maximum Gasteiger partial charge on any atom is 0.233 e. The second-order valence-electron chi connectivity index (χ2n) is 2.84. The highest BCUT2D eigenvalue weighted by molar-refractivity contribution is 5.77. The number of aromatic nitrogens is 3. The standard InChI is InChI=1S/C9H8N4O.2C2H6/c1-13-8-7(5-11-13)3-6(4-10)9(12-8)14-2;2*1-2/h3,5H,1-2H3;2*1-2H3. The first-order valence-electron chi connectivity index (χ1n) is 6.03. The van der Waals surface area contributed by atoms with E-state index in [1.54, 1.807) is 24.0 Å². The van der Waals surface area contributed by atoms with Crippen molar-refractivity contribution in [1.82, 2.24) is 14.8 Å². The summed E-state index contributed by atoms with van der Waals surface area (Å²) in [7, 11) is 3.28. The third-order valence-corrected chi connectivity index (χ3v) is 1.99. The van der Waals surface area contributed by atoms with Gasteiger partial charge in [0.05, 0.1) is 13.3 Å². The highest BCUT2D eigenvalue weighted by atomic mass is 16.5. The molecule has 5 nitrogen and oxygen atoms in total. The molecule has 0 saturated carbocycles. The van der Waals surface area contributed by atoms with Crippen LogP contribution >= 0.6 is 0 Å². The van der Waals surface area contributed by atoms with Gasteiger partial charge in [-0.1, -0.05) is 27.7 Å². The number of hydrogen-bond acceptors (Lipinski definition) is 4. The van der Waals surface area contributed by atoms with Crippen molar-refractivity contribution in [2.75, 3.05) is 7.11 Å². The normalized spacial score (nSPS) is 8.50. The lowest BCUT2D eigenvalue weighted by Gasteiger charge is -2.01. The summed E-state index contributed by atoms with van der Waals surface area (Å²) in [4.78, 5) is 4.18.